The molecule has 1 fully saturated rings. The highest BCUT2D eigenvalue weighted by atomic mass is 79.9. The van der Waals surface area contributed by atoms with Gasteiger partial charge in [0, 0.05) is 77.4 Å². The average molecular weight is 1140 g/mol. The van der Waals surface area contributed by atoms with Crippen molar-refractivity contribution < 1.29 is 42.8 Å². The monoisotopic (exact) mass is 1140 g/mol. The minimum atomic E-state index is -0.134. The normalized spacial score (nSPS) is 14.4. The molecule has 0 saturated carbocycles. The van der Waals surface area contributed by atoms with Crippen LogP contribution in [0.5, 0.6) is 34.5 Å². The number of rotatable bonds is 18. The summed E-state index contributed by atoms with van der Waals surface area (Å²) in [4.78, 5) is 44.6. The summed E-state index contributed by atoms with van der Waals surface area (Å²) in [5.74, 6) is 6.34. The molecule has 2 atom stereocenters. The maximum absolute atomic E-state index is 11.4. The van der Waals surface area contributed by atoms with Crippen molar-refractivity contribution in [2.45, 2.75) is 25.0 Å². The lowest BCUT2D eigenvalue weighted by Gasteiger charge is -2.14. The van der Waals surface area contributed by atoms with Crippen molar-refractivity contribution in [3.63, 3.8) is 0 Å². The number of anilines is 3. The fraction of sp³-hybridized carbons (Fsp3) is 0.233. The molecule has 9 aromatic rings. The summed E-state index contributed by atoms with van der Waals surface area (Å²) < 4.78 is 38.5. The molecular formula is C60H59BrN10O9. The van der Waals surface area contributed by atoms with E-state index in [-0.39, 0.29) is 24.6 Å². The minimum Gasteiger partial charge on any atom is -0.493 e. The Morgan fingerprint density at radius 3 is 1.29 bits per heavy atom. The van der Waals surface area contributed by atoms with Crippen LogP contribution in [0.1, 0.15) is 12.8 Å². The van der Waals surface area contributed by atoms with E-state index in [9.17, 15) is 4.79 Å². The predicted octanol–water partition coefficient (Wildman–Crippen LogP) is 11.2. The molecule has 8 heterocycles. The Morgan fingerprint density at radius 1 is 0.537 bits per heavy atom. The first-order valence-electron chi connectivity index (χ1n) is 25.4. The van der Waals surface area contributed by atoms with Gasteiger partial charge in [0.05, 0.1) is 88.9 Å². The topological polar surface area (TPSA) is 217 Å². The molecule has 1 saturated heterocycles. The summed E-state index contributed by atoms with van der Waals surface area (Å²) in [7, 11) is 9.68. The number of aromatic nitrogens is 6. The number of benzene rings is 3. The first kappa shape index (κ1) is 55.6. The van der Waals surface area contributed by atoms with Gasteiger partial charge in [-0.2, -0.15) is 0 Å². The average Bonchev–Trinajstić information content (AvgIpc) is 4.28. The second-order valence-electron chi connectivity index (χ2n) is 18.0. The molecule has 11 rings (SSSR count). The molecule has 2 aliphatic heterocycles. The zero-order valence-electron chi connectivity index (χ0n) is 45.0. The Hall–Kier alpha value is -9.14. The van der Waals surface area contributed by atoms with E-state index in [1.165, 1.54) is 0 Å². The highest BCUT2D eigenvalue weighted by molar-refractivity contribution is 9.18. The number of Topliss-reactive ketones (excluding diaryl/α,β-unsaturated/α-hetero) is 1. The van der Waals surface area contributed by atoms with Crippen molar-refractivity contribution in [1.82, 2.24) is 29.9 Å². The number of nitrogens with zero attached hydrogens (tertiary/aromatic N) is 7. The number of carbonyl (C=O) groups is 1. The molecule has 6 aromatic heterocycles. The molecule has 0 radical (unpaired) electrons. The van der Waals surface area contributed by atoms with Crippen LogP contribution >= 0.6 is 15.9 Å². The van der Waals surface area contributed by atoms with E-state index in [0.717, 1.165) is 89.2 Å². The van der Waals surface area contributed by atoms with Gasteiger partial charge in [-0.1, -0.05) is 11.2 Å². The lowest BCUT2D eigenvalue weighted by Crippen LogP contribution is -2.20. The van der Waals surface area contributed by atoms with Crippen LogP contribution < -0.4 is 44.4 Å². The molecular weight excluding hydrogens is 1080 g/mol. The molecule has 2 unspecified atom stereocenters. The number of nitrogens with one attached hydrogen (secondary N) is 3. The summed E-state index contributed by atoms with van der Waals surface area (Å²) in [6.07, 6.45) is 8.10. The molecule has 3 aromatic carbocycles. The van der Waals surface area contributed by atoms with Crippen molar-refractivity contribution in [3.8, 4) is 68.3 Å². The molecule has 0 spiro atoms. The van der Waals surface area contributed by atoms with Gasteiger partial charge in [-0.3, -0.25) is 19.7 Å². The molecule has 3 N–H and O–H groups in total. The molecule has 0 aliphatic carbocycles. The van der Waals surface area contributed by atoms with Gasteiger partial charge in [0.25, 0.3) is 0 Å². The second kappa shape index (κ2) is 26.5. The van der Waals surface area contributed by atoms with Crippen molar-refractivity contribution in [2.24, 2.45) is 5.16 Å². The summed E-state index contributed by atoms with van der Waals surface area (Å²) in [5, 5.41) is 16.8. The molecule has 0 bridgehead atoms. The lowest BCUT2D eigenvalue weighted by molar-refractivity contribution is -0.117. The fourth-order valence-electron chi connectivity index (χ4n) is 8.87. The van der Waals surface area contributed by atoms with Gasteiger partial charge in [-0.05, 0) is 125 Å². The van der Waals surface area contributed by atoms with Crippen molar-refractivity contribution >= 4 is 76.5 Å². The van der Waals surface area contributed by atoms with E-state index < -0.39 is 0 Å². The van der Waals surface area contributed by atoms with Gasteiger partial charge in [0.15, 0.2) is 46.4 Å². The van der Waals surface area contributed by atoms with Crippen LogP contribution in [0.2, 0.25) is 0 Å². The predicted molar refractivity (Wildman–Crippen MR) is 315 cm³/mol. The SMILES string of the molecule is C=CCNc1nc(-c2ccc(OC)c(OC)c2)cc2ncccc12.COc1ccc(-c2cc3ncccc3c(NCC3CC(=O)CO3)n2)cc1OC.COc1ccc(-c2cc3ncccc3c(NCC3CC(Br)=NO3)n2)cc1OC. The van der Waals surface area contributed by atoms with Crippen molar-refractivity contribution in [2.75, 3.05) is 84.9 Å². The van der Waals surface area contributed by atoms with Gasteiger partial charge < -0.3 is 53.9 Å². The number of hydrogen-bond donors (Lipinski definition) is 3. The number of halogens is 1. The van der Waals surface area contributed by atoms with Gasteiger partial charge in [0.2, 0.25) is 0 Å². The first-order valence-corrected chi connectivity index (χ1v) is 26.2. The van der Waals surface area contributed by atoms with E-state index >= 15 is 0 Å². The molecule has 410 valence electrons. The summed E-state index contributed by atoms with van der Waals surface area (Å²) in [6.45, 7) is 5.66. The number of methoxy groups -OCH3 is 6. The zero-order chi connectivity index (χ0) is 56.0. The number of pyridine rings is 6. The highest BCUT2D eigenvalue weighted by Crippen LogP contribution is 2.37. The third kappa shape index (κ3) is 13.2. The Kier molecular flexibility index (Phi) is 18.4. The smallest absolute Gasteiger partial charge is 0.161 e. The molecule has 2 aliphatic rings. The number of oxime groups is 1. The van der Waals surface area contributed by atoms with E-state index in [1.54, 1.807) is 67.3 Å². The van der Waals surface area contributed by atoms with Crippen LogP contribution in [0.15, 0.2) is 146 Å². The number of carbonyl (C=O) groups excluding carboxylic acids is 1. The number of ether oxygens (including phenoxy) is 7. The van der Waals surface area contributed by atoms with Crippen LogP contribution in [0.25, 0.3) is 66.5 Å². The summed E-state index contributed by atoms with van der Waals surface area (Å²) in [5.41, 5.74) is 7.66. The summed E-state index contributed by atoms with van der Waals surface area (Å²) >= 11 is 3.36. The summed E-state index contributed by atoms with van der Waals surface area (Å²) in [6, 6.07) is 34.7. The fourth-order valence-corrected chi connectivity index (χ4v) is 9.31. The third-order valence-corrected chi connectivity index (χ3v) is 13.3. The standard InChI is InChI=1S/C21H21N3O4.C20H19BrN4O3.C19H19N3O2/c1-26-19-6-5-13(8-20(19)27-2)17-10-18-16(4-3-7-22-18)21(24-17)23-11-15-9-14(25)12-28-15;1-26-17-6-5-12(8-18(17)27-2)15-10-16-14(4-3-7-22-16)20(24-15)23-11-13-9-19(21)25-28-13;1-4-9-21-19-14-6-5-10-20-16(14)12-15(22-19)13-7-8-17(23-2)18(11-13)24-3/h3-8,10,15H,9,11-12H2,1-2H3,(H,23,24);3-8,10,13H,9,11H2,1-2H3,(H,23,24);4-8,10-12H,1,9H2,2-3H3,(H,21,22). The second-order valence-corrected chi connectivity index (χ2v) is 18.9. The quantitative estimate of drug-likeness (QED) is 0.0681. The van der Waals surface area contributed by atoms with Crippen LogP contribution in [0, 0.1) is 0 Å². The van der Waals surface area contributed by atoms with E-state index in [2.05, 4.69) is 58.6 Å². The van der Waals surface area contributed by atoms with Crippen molar-refractivity contribution in [1.29, 1.82) is 0 Å². The number of hydrogen-bond acceptors (Lipinski definition) is 19. The Bertz CT molecular complexity index is 3700. The Balaban J connectivity index is 0.000000146. The lowest BCUT2D eigenvalue weighted by atomic mass is 10.1. The Labute approximate surface area is 470 Å². The van der Waals surface area contributed by atoms with Crippen LogP contribution in [0.4, 0.5) is 17.5 Å². The van der Waals surface area contributed by atoms with Gasteiger partial charge in [0.1, 0.15) is 28.7 Å². The zero-order valence-corrected chi connectivity index (χ0v) is 46.6. The van der Waals surface area contributed by atoms with Gasteiger partial charge >= 0.3 is 0 Å². The highest BCUT2D eigenvalue weighted by Gasteiger charge is 2.24. The maximum atomic E-state index is 11.4. The van der Waals surface area contributed by atoms with Gasteiger partial charge in [-0.25, -0.2) is 15.0 Å². The van der Waals surface area contributed by atoms with Crippen LogP contribution in [0.3, 0.4) is 0 Å². The van der Waals surface area contributed by atoms with E-state index in [4.69, 9.17) is 52.9 Å². The van der Waals surface area contributed by atoms with Crippen molar-refractivity contribution in [3.05, 3.63) is 140 Å². The van der Waals surface area contributed by atoms with Crippen LogP contribution in [-0.4, -0.2) is 121 Å². The molecule has 19 nitrogen and oxygen atoms in total. The number of fused-ring (bicyclic) bond motifs is 3. The third-order valence-electron chi connectivity index (χ3n) is 12.9. The first-order chi connectivity index (χ1) is 39.1. The molecule has 20 heteroatoms. The largest absolute Gasteiger partial charge is 0.493 e. The van der Waals surface area contributed by atoms with E-state index in [0.29, 0.717) is 66.4 Å². The maximum Gasteiger partial charge on any atom is 0.161 e. The number of ketones is 1. The molecule has 80 heavy (non-hydrogen) atoms. The van der Waals surface area contributed by atoms with E-state index in [1.807, 2.05) is 109 Å². The van der Waals surface area contributed by atoms with Crippen LogP contribution in [-0.2, 0) is 14.4 Å². The minimum absolute atomic E-state index is 0.0346. The molecule has 0 amide bonds. The van der Waals surface area contributed by atoms with Gasteiger partial charge in [-0.15, -0.1) is 6.58 Å². The Morgan fingerprint density at radius 2 is 0.938 bits per heavy atom.